The highest BCUT2D eigenvalue weighted by Gasteiger charge is 2.33. The van der Waals surface area contributed by atoms with E-state index in [0.29, 0.717) is 12.0 Å². The normalized spacial score (nSPS) is 16.5. The predicted octanol–water partition coefficient (Wildman–Crippen LogP) is 1.29. The van der Waals surface area contributed by atoms with Crippen LogP contribution in [0.2, 0.25) is 0 Å². The highest BCUT2D eigenvalue weighted by molar-refractivity contribution is 7.89. The number of sulfonamides is 1. The first-order valence-electron chi connectivity index (χ1n) is 8.48. The molecule has 0 spiro atoms. The fourth-order valence-electron chi connectivity index (χ4n) is 2.94. The van der Waals surface area contributed by atoms with Gasteiger partial charge in [0.1, 0.15) is 0 Å². The van der Waals surface area contributed by atoms with Gasteiger partial charge in [0, 0.05) is 38.3 Å². The molecule has 1 aliphatic rings. The van der Waals surface area contributed by atoms with Gasteiger partial charge in [-0.3, -0.25) is 14.9 Å². The van der Waals surface area contributed by atoms with E-state index in [1.807, 2.05) is 6.92 Å². The third kappa shape index (κ3) is 5.16. The van der Waals surface area contributed by atoms with Gasteiger partial charge in [-0.2, -0.15) is 4.31 Å². The molecule has 11 heteroatoms. The molecule has 1 aromatic carbocycles. The van der Waals surface area contributed by atoms with Crippen LogP contribution in [0.1, 0.15) is 25.3 Å². The fourth-order valence-corrected chi connectivity index (χ4v) is 4.60. The molecule has 1 saturated heterocycles. The summed E-state index contributed by atoms with van der Waals surface area (Å²) in [5.74, 6) is -0.171. The number of halogens is 1. The molecular weight excluding hydrogens is 396 g/mol. The quantitative estimate of drug-likeness (QED) is 0.545. The molecule has 1 aliphatic heterocycles. The number of aryl methyl sites for hydroxylation is 1. The number of non-ortho nitro benzene ring substituents is 1. The van der Waals surface area contributed by atoms with Gasteiger partial charge in [-0.25, -0.2) is 8.42 Å². The summed E-state index contributed by atoms with van der Waals surface area (Å²) in [4.78, 5) is 24.1. The molecule has 2 N–H and O–H groups in total. The number of nitro groups is 1. The second kappa shape index (κ2) is 9.45. The Bertz CT molecular complexity index is 794. The molecule has 0 saturated carbocycles. The molecule has 9 nitrogen and oxygen atoms in total. The number of nitro benzene ring substituents is 1. The maximum atomic E-state index is 12.9. The maximum absolute atomic E-state index is 12.9. The van der Waals surface area contributed by atoms with Crippen LogP contribution in [0.5, 0.6) is 0 Å². The number of hydrogen-bond acceptors (Lipinski definition) is 6. The number of nitrogens with two attached hydrogens (primary N) is 1. The molecule has 152 valence electrons. The van der Waals surface area contributed by atoms with Crippen molar-refractivity contribution in [1.82, 2.24) is 9.21 Å². The third-order valence-corrected chi connectivity index (χ3v) is 6.51. The second-order valence-electron chi connectivity index (χ2n) is 6.33. The number of carbonyl (C=O) groups is 1. The van der Waals surface area contributed by atoms with E-state index in [2.05, 4.69) is 0 Å². The number of carbonyl (C=O) groups excluding carboxylic acids is 1. The molecule has 0 bridgehead atoms. The Morgan fingerprint density at radius 2 is 1.89 bits per heavy atom. The summed E-state index contributed by atoms with van der Waals surface area (Å²) in [7, 11) is -3.87. The van der Waals surface area contributed by atoms with E-state index in [1.54, 1.807) is 11.8 Å². The summed E-state index contributed by atoms with van der Waals surface area (Å²) >= 11 is 0. The molecule has 1 fully saturated rings. The van der Waals surface area contributed by atoms with Crippen LogP contribution in [0, 0.1) is 17.0 Å². The monoisotopic (exact) mass is 420 g/mol. The summed E-state index contributed by atoms with van der Waals surface area (Å²) in [6.07, 6.45) is 1.39. The van der Waals surface area contributed by atoms with Gasteiger partial charge in [0.25, 0.3) is 5.69 Å². The van der Waals surface area contributed by atoms with Gasteiger partial charge in [-0.1, -0.05) is 19.4 Å². The summed E-state index contributed by atoms with van der Waals surface area (Å²) in [5.41, 5.74) is 6.02. The Labute approximate surface area is 165 Å². The zero-order valence-corrected chi connectivity index (χ0v) is 17.0. The first-order chi connectivity index (χ1) is 12.2. The minimum Gasteiger partial charge on any atom is -0.339 e. The molecule has 1 unspecified atom stereocenters. The van der Waals surface area contributed by atoms with Crippen molar-refractivity contribution >= 4 is 34.0 Å². The lowest BCUT2D eigenvalue weighted by molar-refractivity contribution is -0.385. The standard InChI is InChI=1S/C16H24N4O5S.ClH/c1-3-4-14(17)16(21)18-7-9-19(10-8-18)26(24,25)15-11-13(20(22)23)6-5-12(15)2;/h5-6,11,14H,3-4,7-10,17H2,1-2H3;1H. The Morgan fingerprint density at radius 1 is 1.30 bits per heavy atom. The highest BCUT2D eigenvalue weighted by atomic mass is 35.5. The number of piperazine rings is 1. The number of amides is 1. The smallest absolute Gasteiger partial charge is 0.270 e. The van der Waals surface area contributed by atoms with Crippen LogP contribution in [-0.4, -0.2) is 60.7 Å². The molecular formula is C16H25ClN4O5S. The Kier molecular flexibility index (Phi) is 8.15. The number of benzene rings is 1. The molecule has 2 rings (SSSR count). The van der Waals surface area contributed by atoms with Crippen molar-refractivity contribution in [3.63, 3.8) is 0 Å². The van der Waals surface area contributed by atoms with Crippen LogP contribution in [-0.2, 0) is 14.8 Å². The van der Waals surface area contributed by atoms with Gasteiger partial charge < -0.3 is 10.6 Å². The lowest BCUT2D eigenvalue weighted by Gasteiger charge is -2.35. The van der Waals surface area contributed by atoms with Gasteiger partial charge in [0.2, 0.25) is 15.9 Å². The van der Waals surface area contributed by atoms with Gasteiger partial charge in [0.15, 0.2) is 0 Å². The summed E-state index contributed by atoms with van der Waals surface area (Å²) in [5, 5.41) is 10.9. The lowest BCUT2D eigenvalue weighted by atomic mass is 10.1. The van der Waals surface area contributed by atoms with Gasteiger partial charge >= 0.3 is 0 Å². The Hall–Kier alpha value is -1.75. The molecule has 1 amide bonds. The summed E-state index contributed by atoms with van der Waals surface area (Å²) in [6.45, 7) is 4.32. The SMILES string of the molecule is CCCC(N)C(=O)N1CCN(S(=O)(=O)c2cc([N+](=O)[O-])ccc2C)CC1.Cl. The van der Waals surface area contributed by atoms with Crippen LogP contribution < -0.4 is 5.73 Å². The van der Waals surface area contributed by atoms with E-state index in [1.165, 1.54) is 16.4 Å². The molecule has 0 aromatic heterocycles. The van der Waals surface area contributed by atoms with Crippen molar-refractivity contribution in [2.24, 2.45) is 5.73 Å². The van der Waals surface area contributed by atoms with Gasteiger partial charge in [-0.15, -0.1) is 12.4 Å². The minimum absolute atomic E-state index is 0. The summed E-state index contributed by atoms with van der Waals surface area (Å²) < 4.78 is 27.0. The number of rotatable bonds is 6. The van der Waals surface area contributed by atoms with Crippen molar-refractivity contribution < 1.29 is 18.1 Å². The van der Waals surface area contributed by atoms with Crippen LogP contribution in [0.25, 0.3) is 0 Å². The molecule has 1 heterocycles. The molecule has 1 aromatic rings. The van der Waals surface area contributed by atoms with Crippen LogP contribution in [0.15, 0.2) is 23.1 Å². The first-order valence-corrected chi connectivity index (χ1v) is 9.92. The largest absolute Gasteiger partial charge is 0.339 e. The van der Waals surface area contributed by atoms with E-state index in [9.17, 15) is 23.3 Å². The van der Waals surface area contributed by atoms with Crippen LogP contribution in [0.3, 0.4) is 0 Å². The van der Waals surface area contributed by atoms with Crippen molar-refractivity contribution in [2.45, 2.75) is 37.6 Å². The van der Waals surface area contributed by atoms with E-state index in [4.69, 9.17) is 5.73 Å². The van der Waals surface area contributed by atoms with Crippen molar-refractivity contribution in [2.75, 3.05) is 26.2 Å². The van der Waals surface area contributed by atoms with Crippen LogP contribution >= 0.6 is 12.4 Å². The first kappa shape index (κ1) is 23.3. The van der Waals surface area contributed by atoms with E-state index >= 15 is 0 Å². The second-order valence-corrected chi connectivity index (χ2v) is 8.24. The van der Waals surface area contributed by atoms with Gasteiger partial charge in [0.05, 0.1) is 15.9 Å². The Balaban J connectivity index is 0.00000364. The molecule has 27 heavy (non-hydrogen) atoms. The maximum Gasteiger partial charge on any atom is 0.270 e. The lowest BCUT2D eigenvalue weighted by Crippen LogP contribution is -2.54. The van der Waals surface area contributed by atoms with Crippen molar-refractivity contribution in [1.29, 1.82) is 0 Å². The fraction of sp³-hybridized carbons (Fsp3) is 0.562. The molecule has 0 aliphatic carbocycles. The van der Waals surface area contributed by atoms with Crippen molar-refractivity contribution in [3.8, 4) is 0 Å². The predicted molar refractivity (Wildman–Crippen MR) is 103 cm³/mol. The average molecular weight is 421 g/mol. The average Bonchev–Trinajstić information content (AvgIpc) is 2.61. The zero-order chi connectivity index (χ0) is 19.5. The summed E-state index contributed by atoms with van der Waals surface area (Å²) in [6, 6.07) is 3.22. The highest BCUT2D eigenvalue weighted by Crippen LogP contribution is 2.25. The van der Waals surface area contributed by atoms with Gasteiger partial charge in [-0.05, 0) is 18.9 Å². The number of hydrogen-bond donors (Lipinski definition) is 1. The van der Waals surface area contributed by atoms with Crippen LogP contribution in [0.4, 0.5) is 5.69 Å². The topological polar surface area (TPSA) is 127 Å². The van der Waals surface area contributed by atoms with Crippen molar-refractivity contribution in [3.05, 3.63) is 33.9 Å². The molecule has 1 atom stereocenters. The third-order valence-electron chi connectivity index (χ3n) is 4.47. The van der Waals surface area contributed by atoms with E-state index in [0.717, 1.165) is 12.5 Å². The number of nitrogens with zero attached hydrogens (tertiary/aromatic N) is 3. The van der Waals surface area contributed by atoms with E-state index in [-0.39, 0.29) is 55.1 Å². The Morgan fingerprint density at radius 3 is 2.41 bits per heavy atom. The van der Waals surface area contributed by atoms with E-state index < -0.39 is 21.0 Å². The molecule has 0 radical (unpaired) electrons. The minimum atomic E-state index is -3.87. The zero-order valence-electron chi connectivity index (χ0n) is 15.3.